The van der Waals surface area contributed by atoms with Crippen molar-refractivity contribution in [3.63, 3.8) is 0 Å². The second-order valence-corrected chi connectivity index (χ2v) is 6.57. The number of ether oxygens (including phenoxy) is 1. The van der Waals surface area contributed by atoms with Gasteiger partial charge >= 0.3 is 0 Å². The fraction of sp³-hybridized carbons (Fsp3) is 0.812. The summed E-state index contributed by atoms with van der Waals surface area (Å²) in [5.74, 6) is 0.854. The van der Waals surface area contributed by atoms with Crippen LogP contribution in [-0.2, 0) is 0 Å². The minimum Gasteiger partial charge on any atom is -0.493 e. The van der Waals surface area contributed by atoms with Gasteiger partial charge in [0, 0.05) is 11.6 Å². The maximum Gasteiger partial charge on any atom is 0.161 e. The molecule has 1 aromatic rings. The molecule has 0 saturated carbocycles. The highest BCUT2D eigenvalue weighted by atomic mass is 16.5. The van der Waals surface area contributed by atoms with Gasteiger partial charge in [-0.2, -0.15) is 5.10 Å². The first-order valence-corrected chi connectivity index (χ1v) is 7.79. The fourth-order valence-corrected chi connectivity index (χ4v) is 2.43. The SMILES string of the molecule is CCCNC(c1c(OC)cnn1C(C)C)C(C)(C)N(C)C. The summed E-state index contributed by atoms with van der Waals surface area (Å²) in [6, 6.07) is 0.445. The van der Waals surface area contributed by atoms with E-state index in [1.165, 1.54) is 0 Å². The largest absolute Gasteiger partial charge is 0.493 e. The average Bonchev–Trinajstić information content (AvgIpc) is 2.82. The van der Waals surface area contributed by atoms with Gasteiger partial charge in [-0.3, -0.25) is 4.68 Å². The summed E-state index contributed by atoms with van der Waals surface area (Å²) >= 11 is 0. The lowest BCUT2D eigenvalue weighted by Gasteiger charge is -2.41. The highest BCUT2D eigenvalue weighted by Crippen LogP contribution is 2.36. The normalized spacial score (nSPS) is 14.0. The predicted molar refractivity (Wildman–Crippen MR) is 88.0 cm³/mol. The summed E-state index contributed by atoms with van der Waals surface area (Å²) < 4.78 is 7.64. The van der Waals surface area contributed by atoms with Crippen LogP contribution < -0.4 is 10.1 Å². The van der Waals surface area contributed by atoms with Crippen molar-refractivity contribution in [2.45, 2.75) is 58.7 Å². The van der Waals surface area contributed by atoms with Crippen molar-refractivity contribution in [2.24, 2.45) is 0 Å². The molecule has 0 bridgehead atoms. The molecule has 1 aromatic heterocycles. The number of nitrogens with zero attached hydrogens (tertiary/aromatic N) is 3. The molecule has 1 unspecified atom stereocenters. The monoisotopic (exact) mass is 296 g/mol. The summed E-state index contributed by atoms with van der Waals surface area (Å²) in [6.07, 6.45) is 2.92. The van der Waals surface area contributed by atoms with E-state index >= 15 is 0 Å². The van der Waals surface area contributed by atoms with E-state index in [-0.39, 0.29) is 11.6 Å². The zero-order valence-corrected chi connectivity index (χ0v) is 14.9. The third-order valence-electron chi connectivity index (χ3n) is 4.24. The number of hydrogen-bond donors (Lipinski definition) is 1. The lowest BCUT2D eigenvalue weighted by atomic mass is 9.89. The Morgan fingerprint density at radius 3 is 2.43 bits per heavy atom. The van der Waals surface area contributed by atoms with Crippen LogP contribution in [0.2, 0.25) is 0 Å². The van der Waals surface area contributed by atoms with Gasteiger partial charge in [-0.25, -0.2) is 0 Å². The van der Waals surface area contributed by atoms with E-state index in [2.05, 4.69) is 68.7 Å². The van der Waals surface area contributed by atoms with E-state index in [1.807, 2.05) is 6.20 Å². The quantitative estimate of drug-likeness (QED) is 0.801. The Bertz CT molecular complexity index is 437. The topological polar surface area (TPSA) is 42.3 Å². The van der Waals surface area contributed by atoms with E-state index in [9.17, 15) is 0 Å². The maximum absolute atomic E-state index is 5.57. The number of methoxy groups -OCH3 is 1. The van der Waals surface area contributed by atoms with Crippen LogP contribution >= 0.6 is 0 Å². The number of aromatic nitrogens is 2. The lowest BCUT2D eigenvalue weighted by Crippen LogP contribution is -2.50. The first-order valence-electron chi connectivity index (χ1n) is 7.79. The van der Waals surface area contributed by atoms with E-state index < -0.39 is 0 Å². The Morgan fingerprint density at radius 2 is 2.00 bits per heavy atom. The molecule has 1 atom stereocenters. The molecular weight excluding hydrogens is 264 g/mol. The number of nitrogens with one attached hydrogen (secondary N) is 1. The van der Waals surface area contributed by atoms with Gasteiger partial charge in [-0.1, -0.05) is 6.92 Å². The van der Waals surface area contributed by atoms with Gasteiger partial charge in [0.2, 0.25) is 0 Å². The molecule has 1 heterocycles. The molecule has 5 heteroatoms. The molecule has 0 aromatic carbocycles. The molecule has 1 rings (SSSR count). The number of likely N-dealkylation sites (N-methyl/N-ethyl adjacent to an activating group) is 1. The van der Waals surface area contributed by atoms with Crippen LogP contribution in [0.15, 0.2) is 6.20 Å². The molecule has 0 aliphatic carbocycles. The van der Waals surface area contributed by atoms with E-state index in [1.54, 1.807) is 7.11 Å². The summed E-state index contributed by atoms with van der Waals surface area (Å²) in [6.45, 7) is 11.9. The molecule has 0 fully saturated rings. The second kappa shape index (κ2) is 7.27. The minimum atomic E-state index is -0.0604. The maximum atomic E-state index is 5.57. The lowest BCUT2D eigenvalue weighted by molar-refractivity contribution is 0.130. The van der Waals surface area contributed by atoms with Crippen molar-refractivity contribution in [2.75, 3.05) is 27.7 Å². The van der Waals surface area contributed by atoms with Gasteiger partial charge in [0.1, 0.15) is 0 Å². The molecule has 0 aliphatic rings. The van der Waals surface area contributed by atoms with Gasteiger partial charge < -0.3 is 15.0 Å². The smallest absolute Gasteiger partial charge is 0.161 e. The molecule has 0 saturated heterocycles. The number of hydrogen-bond acceptors (Lipinski definition) is 4. The molecule has 122 valence electrons. The zero-order valence-electron chi connectivity index (χ0n) is 14.9. The predicted octanol–water partition coefficient (Wildman–Crippen LogP) is 2.85. The zero-order chi connectivity index (χ0) is 16.2. The molecule has 0 amide bonds. The molecule has 0 radical (unpaired) electrons. The van der Waals surface area contributed by atoms with Crippen molar-refractivity contribution < 1.29 is 4.74 Å². The molecule has 21 heavy (non-hydrogen) atoms. The molecule has 0 spiro atoms. The van der Waals surface area contributed by atoms with Crippen molar-refractivity contribution in [1.82, 2.24) is 20.0 Å². The summed E-state index contributed by atoms with van der Waals surface area (Å²) in [4.78, 5) is 2.25. The van der Waals surface area contributed by atoms with Crippen LogP contribution in [0.3, 0.4) is 0 Å². The summed E-state index contributed by atoms with van der Waals surface area (Å²) in [7, 11) is 5.94. The van der Waals surface area contributed by atoms with Gasteiger partial charge in [-0.15, -0.1) is 0 Å². The third-order valence-corrected chi connectivity index (χ3v) is 4.24. The second-order valence-electron chi connectivity index (χ2n) is 6.57. The number of rotatable bonds is 8. The van der Waals surface area contributed by atoms with Crippen LogP contribution in [0.5, 0.6) is 5.75 Å². The molecular formula is C16H32N4O. The first kappa shape index (κ1) is 18.0. The highest BCUT2D eigenvalue weighted by Gasteiger charge is 2.37. The van der Waals surface area contributed by atoms with Crippen molar-refractivity contribution >= 4 is 0 Å². The van der Waals surface area contributed by atoms with Crippen LogP contribution in [0.4, 0.5) is 0 Å². The van der Waals surface area contributed by atoms with E-state index in [0.717, 1.165) is 24.4 Å². The van der Waals surface area contributed by atoms with Crippen molar-refractivity contribution in [3.05, 3.63) is 11.9 Å². The molecule has 5 nitrogen and oxygen atoms in total. The van der Waals surface area contributed by atoms with Crippen molar-refractivity contribution in [3.8, 4) is 5.75 Å². The Balaban J connectivity index is 3.34. The Hall–Kier alpha value is -1.07. The first-order chi connectivity index (χ1) is 9.77. The van der Waals surface area contributed by atoms with Gasteiger partial charge in [0.25, 0.3) is 0 Å². The highest BCUT2D eigenvalue weighted by molar-refractivity contribution is 5.31. The average molecular weight is 296 g/mol. The van der Waals surface area contributed by atoms with Crippen LogP contribution in [0.1, 0.15) is 58.8 Å². The van der Waals surface area contributed by atoms with Gasteiger partial charge in [0.15, 0.2) is 5.75 Å². The van der Waals surface area contributed by atoms with E-state index in [4.69, 9.17) is 4.74 Å². The Labute approximate surface area is 129 Å². The standard InChI is InChI=1S/C16H32N4O/c1-9-10-17-15(16(4,5)19(6)7)14-13(21-8)11-18-20(14)12(2)3/h11-12,15,17H,9-10H2,1-8H3. The van der Waals surface area contributed by atoms with Gasteiger partial charge in [-0.05, 0) is 54.8 Å². The Kier molecular flexibility index (Phi) is 6.23. The molecule has 0 aliphatic heterocycles. The van der Waals surface area contributed by atoms with Crippen LogP contribution in [0, 0.1) is 0 Å². The molecule has 1 N–H and O–H groups in total. The summed E-state index contributed by atoms with van der Waals surface area (Å²) in [5, 5.41) is 8.20. The minimum absolute atomic E-state index is 0.0604. The Morgan fingerprint density at radius 1 is 1.38 bits per heavy atom. The summed E-state index contributed by atoms with van der Waals surface area (Å²) in [5.41, 5.74) is 1.06. The van der Waals surface area contributed by atoms with Crippen molar-refractivity contribution in [1.29, 1.82) is 0 Å². The fourth-order valence-electron chi connectivity index (χ4n) is 2.43. The van der Waals surface area contributed by atoms with E-state index in [0.29, 0.717) is 6.04 Å². The third kappa shape index (κ3) is 3.77. The van der Waals surface area contributed by atoms with Crippen LogP contribution in [-0.4, -0.2) is 48.0 Å². The van der Waals surface area contributed by atoms with Crippen LogP contribution in [0.25, 0.3) is 0 Å². The van der Waals surface area contributed by atoms with Gasteiger partial charge in [0.05, 0.1) is 25.0 Å².